The number of fused-ring (bicyclic) bond motifs is 7. The van der Waals surface area contributed by atoms with E-state index in [1.165, 1.54) is 74.7 Å². The van der Waals surface area contributed by atoms with Crippen LogP contribution in [0.25, 0.3) is 74.7 Å². The number of nitrogens with zero attached hydrogens (tertiary/aromatic N) is 1. The molecule has 2 heteroatoms. The van der Waals surface area contributed by atoms with Crippen LogP contribution in [0.15, 0.2) is 188 Å². The third-order valence-corrected chi connectivity index (χ3v) is 11.1. The second kappa shape index (κ2) is 11.7. The predicted molar refractivity (Wildman–Crippen MR) is 217 cm³/mol. The van der Waals surface area contributed by atoms with Gasteiger partial charge in [-0.2, -0.15) is 0 Å². The van der Waals surface area contributed by atoms with E-state index in [4.69, 9.17) is 0 Å². The topological polar surface area (TPSA) is 3.24 Å². The summed E-state index contributed by atoms with van der Waals surface area (Å²) in [6.45, 7) is 0. The lowest BCUT2D eigenvalue weighted by Gasteiger charge is -2.27. The highest BCUT2D eigenvalue weighted by molar-refractivity contribution is 7.25. The van der Waals surface area contributed by atoms with Crippen LogP contribution in [0.3, 0.4) is 0 Å². The van der Waals surface area contributed by atoms with Gasteiger partial charge in [-0.15, -0.1) is 11.3 Å². The maximum absolute atomic E-state index is 2.39. The molecule has 10 rings (SSSR count). The van der Waals surface area contributed by atoms with Crippen LogP contribution in [0.4, 0.5) is 17.1 Å². The molecule has 0 radical (unpaired) electrons. The number of hydrogen-bond acceptors (Lipinski definition) is 2. The molecule has 9 aromatic carbocycles. The predicted octanol–water partition coefficient (Wildman–Crippen LogP) is 14.3. The molecule has 0 spiro atoms. The monoisotopic (exact) mass is 653 g/mol. The van der Waals surface area contributed by atoms with Crippen LogP contribution in [0.1, 0.15) is 0 Å². The summed E-state index contributed by atoms with van der Waals surface area (Å²) in [5.41, 5.74) is 8.19. The molecule has 1 heterocycles. The van der Waals surface area contributed by atoms with E-state index in [2.05, 4.69) is 193 Å². The van der Waals surface area contributed by atoms with Crippen molar-refractivity contribution < 1.29 is 0 Å². The molecule has 50 heavy (non-hydrogen) atoms. The molecular formula is C48H31NS. The van der Waals surface area contributed by atoms with Crippen LogP contribution in [0, 0.1) is 0 Å². The van der Waals surface area contributed by atoms with E-state index in [9.17, 15) is 0 Å². The van der Waals surface area contributed by atoms with Crippen LogP contribution in [-0.4, -0.2) is 0 Å². The van der Waals surface area contributed by atoms with Gasteiger partial charge in [0.05, 0.1) is 0 Å². The third-order valence-electron chi connectivity index (χ3n) is 9.99. The van der Waals surface area contributed by atoms with Crippen molar-refractivity contribution in [1.82, 2.24) is 0 Å². The highest BCUT2D eigenvalue weighted by Crippen LogP contribution is 2.41. The summed E-state index contributed by atoms with van der Waals surface area (Å²) in [4.78, 5) is 2.39. The van der Waals surface area contributed by atoms with Gasteiger partial charge >= 0.3 is 0 Å². The van der Waals surface area contributed by atoms with Crippen molar-refractivity contribution in [2.45, 2.75) is 0 Å². The van der Waals surface area contributed by atoms with Crippen molar-refractivity contribution in [2.75, 3.05) is 4.90 Å². The van der Waals surface area contributed by atoms with Gasteiger partial charge in [0.1, 0.15) is 0 Å². The van der Waals surface area contributed by atoms with Crippen LogP contribution >= 0.6 is 11.3 Å². The molecule has 0 aliphatic rings. The van der Waals surface area contributed by atoms with Crippen molar-refractivity contribution in [2.24, 2.45) is 0 Å². The van der Waals surface area contributed by atoms with Gasteiger partial charge in [-0.25, -0.2) is 0 Å². The molecule has 0 atom stereocenters. The molecule has 0 saturated heterocycles. The maximum atomic E-state index is 2.39. The molecule has 1 nitrogen and oxygen atoms in total. The van der Waals surface area contributed by atoms with Crippen LogP contribution in [0.5, 0.6) is 0 Å². The summed E-state index contributed by atoms with van der Waals surface area (Å²) >= 11 is 1.87. The van der Waals surface area contributed by atoms with Gasteiger partial charge in [-0.05, 0) is 115 Å². The van der Waals surface area contributed by atoms with Crippen molar-refractivity contribution in [3.05, 3.63) is 188 Å². The number of rotatable bonds is 5. The molecule has 0 fully saturated rings. The summed E-state index contributed by atoms with van der Waals surface area (Å²) in [5.74, 6) is 0. The zero-order valence-corrected chi connectivity index (χ0v) is 28.1. The molecule has 0 bridgehead atoms. The Balaban J connectivity index is 1.09. The number of hydrogen-bond donors (Lipinski definition) is 0. The quantitative estimate of drug-likeness (QED) is 0.167. The molecule has 10 aromatic rings. The minimum absolute atomic E-state index is 1.12. The van der Waals surface area contributed by atoms with Crippen molar-refractivity contribution in [3.63, 3.8) is 0 Å². The SMILES string of the molecule is c1ccc(-c2cccc(N(c3ccc(-c4ccc5cc6sc7ccccc7c6cc5c4)cc3)c3ccc4ccc5ccccc5c4c3)c2)cc1. The normalized spacial score (nSPS) is 11.6. The molecule has 0 aliphatic heterocycles. The Labute approximate surface area is 294 Å². The Kier molecular flexibility index (Phi) is 6.75. The highest BCUT2D eigenvalue weighted by atomic mass is 32.1. The minimum atomic E-state index is 1.12. The Bertz CT molecular complexity index is 2870. The van der Waals surface area contributed by atoms with Gasteiger partial charge < -0.3 is 4.90 Å². The smallest absolute Gasteiger partial charge is 0.0468 e. The van der Waals surface area contributed by atoms with Gasteiger partial charge in [0.2, 0.25) is 0 Å². The average molecular weight is 654 g/mol. The lowest BCUT2D eigenvalue weighted by Crippen LogP contribution is -2.10. The molecule has 1 aromatic heterocycles. The first-order valence-corrected chi connectivity index (χ1v) is 17.9. The second-order valence-electron chi connectivity index (χ2n) is 13.0. The van der Waals surface area contributed by atoms with E-state index in [1.807, 2.05) is 11.3 Å². The van der Waals surface area contributed by atoms with E-state index >= 15 is 0 Å². The minimum Gasteiger partial charge on any atom is -0.310 e. The first kappa shape index (κ1) is 28.8. The third kappa shape index (κ3) is 4.92. The van der Waals surface area contributed by atoms with Gasteiger partial charge in [-0.1, -0.05) is 127 Å². The van der Waals surface area contributed by atoms with E-state index in [1.54, 1.807) is 0 Å². The van der Waals surface area contributed by atoms with E-state index in [-0.39, 0.29) is 0 Å². The fourth-order valence-corrected chi connectivity index (χ4v) is 8.62. The number of thiophene rings is 1. The fourth-order valence-electron chi connectivity index (χ4n) is 7.48. The van der Waals surface area contributed by atoms with E-state index < -0.39 is 0 Å². The number of benzene rings is 9. The first-order chi connectivity index (χ1) is 24.7. The van der Waals surface area contributed by atoms with Crippen molar-refractivity contribution in [1.29, 1.82) is 0 Å². The summed E-state index contributed by atoms with van der Waals surface area (Å²) < 4.78 is 2.68. The Morgan fingerprint density at radius 2 is 0.900 bits per heavy atom. The maximum Gasteiger partial charge on any atom is 0.0468 e. The van der Waals surface area contributed by atoms with Gasteiger partial charge in [0, 0.05) is 37.2 Å². The van der Waals surface area contributed by atoms with E-state index in [0.717, 1.165) is 17.1 Å². The summed E-state index contributed by atoms with van der Waals surface area (Å²) in [6, 6.07) is 68.8. The highest BCUT2D eigenvalue weighted by Gasteiger charge is 2.16. The molecule has 0 saturated carbocycles. The fraction of sp³-hybridized carbons (Fsp3) is 0. The average Bonchev–Trinajstić information content (AvgIpc) is 3.55. The lowest BCUT2D eigenvalue weighted by atomic mass is 9.99. The van der Waals surface area contributed by atoms with Gasteiger partial charge in [0.15, 0.2) is 0 Å². The zero-order valence-electron chi connectivity index (χ0n) is 27.3. The summed E-state index contributed by atoms with van der Waals surface area (Å²) in [7, 11) is 0. The second-order valence-corrected chi connectivity index (χ2v) is 14.1. The van der Waals surface area contributed by atoms with Gasteiger partial charge in [-0.3, -0.25) is 0 Å². The summed E-state index contributed by atoms with van der Waals surface area (Å²) in [6.07, 6.45) is 0. The molecule has 0 aliphatic carbocycles. The molecule has 0 amide bonds. The Hall–Kier alpha value is -6.22. The van der Waals surface area contributed by atoms with Gasteiger partial charge in [0.25, 0.3) is 0 Å². The molecular weight excluding hydrogens is 623 g/mol. The molecule has 0 unspecified atom stereocenters. The van der Waals surface area contributed by atoms with Crippen LogP contribution < -0.4 is 4.90 Å². The Morgan fingerprint density at radius 3 is 1.78 bits per heavy atom. The van der Waals surface area contributed by atoms with Crippen molar-refractivity contribution in [3.8, 4) is 22.3 Å². The standard InChI is InChI=1S/C48H31NS/c1-2-9-32(10-3-1)36-12-8-13-41(28-36)49(42-26-23-35-18-17-34-11-4-5-14-43(34)45(35)31-42)40-24-21-33(22-25-40)37-19-20-38-30-48-46(29-39(38)27-37)44-15-6-7-16-47(44)50-48/h1-31H. The molecule has 0 N–H and O–H groups in total. The number of anilines is 3. The lowest BCUT2D eigenvalue weighted by molar-refractivity contribution is 1.29. The zero-order chi connectivity index (χ0) is 33.0. The van der Waals surface area contributed by atoms with E-state index in [0.29, 0.717) is 0 Å². The van der Waals surface area contributed by atoms with Crippen LogP contribution in [-0.2, 0) is 0 Å². The Morgan fingerprint density at radius 1 is 0.280 bits per heavy atom. The van der Waals surface area contributed by atoms with Crippen LogP contribution in [0.2, 0.25) is 0 Å². The first-order valence-electron chi connectivity index (χ1n) is 17.1. The largest absolute Gasteiger partial charge is 0.310 e. The summed E-state index contributed by atoms with van der Waals surface area (Å²) in [5, 5.41) is 10.2. The molecule has 234 valence electrons. The van der Waals surface area contributed by atoms with Crippen molar-refractivity contribution >= 4 is 80.9 Å².